The molecular weight excluding hydrogens is 180 g/mol. The minimum atomic E-state index is 0.877. The monoisotopic (exact) mass is 200 g/mol. The van der Waals surface area contributed by atoms with Gasteiger partial charge in [0.2, 0.25) is 0 Å². The van der Waals surface area contributed by atoms with Crippen molar-refractivity contribution in [3.05, 3.63) is 34.9 Å². The molecular formula is C15H20. The highest BCUT2D eigenvalue weighted by molar-refractivity contribution is 5.41. The van der Waals surface area contributed by atoms with Gasteiger partial charge >= 0.3 is 0 Å². The third kappa shape index (κ3) is 1.60. The Balaban J connectivity index is 1.98. The largest absolute Gasteiger partial charge is 0.0619 e. The molecule has 0 radical (unpaired) electrons. The molecule has 3 rings (SSSR count). The van der Waals surface area contributed by atoms with Gasteiger partial charge in [-0.1, -0.05) is 38.0 Å². The van der Waals surface area contributed by atoms with Gasteiger partial charge in [0.05, 0.1) is 0 Å². The Kier molecular flexibility index (Phi) is 2.31. The lowest BCUT2D eigenvalue weighted by atomic mass is 9.91. The molecule has 2 aliphatic carbocycles. The van der Waals surface area contributed by atoms with Crippen LogP contribution in [0.4, 0.5) is 0 Å². The van der Waals surface area contributed by atoms with Gasteiger partial charge in [-0.05, 0) is 54.2 Å². The molecule has 1 aromatic carbocycles. The number of benzene rings is 1. The summed E-state index contributed by atoms with van der Waals surface area (Å²) in [5, 5.41) is 0. The zero-order valence-electron chi connectivity index (χ0n) is 9.63. The van der Waals surface area contributed by atoms with Crippen molar-refractivity contribution in [2.24, 2.45) is 5.92 Å². The van der Waals surface area contributed by atoms with Crippen LogP contribution >= 0.6 is 0 Å². The smallest absolute Gasteiger partial charge is 0.0159 e. The van der Waals surface area contributed by atoms with Crippen LogP contribution in [-0.2, 0) is 12.8 Å². The highest BCUT2D eigenvalue weighted by Gasteiger charge is 2.25. The summed E-state index contributed by atoms with van der Waals surface area (Å²) < 4.78 is 0. The van der Waals surface area contributed by atoms with Gasteiger partial charge in [-0.25, -0.2) is 0 Å². The van der Waals surface area contributed by atoms with E-state index in [0.29, 0.717) is 0 Å². The number of fused-ring (bicyclic) bond motifs is 1. The molecule has 15 heavy (non-hydrogen) atoms. The first-order valence-corrected chi connectivity index (χ1v) is 6.45. The standard InChI is InChI=1S/C15H20/c1-11-9-13-7-4-8-14(15(13)10-11)12-5-2-3-6-12/h4,7-8,11-12H,2-3,5-6,9-10H2,1H3. The Morgan fingerprint density at radius 1 is 1.07 bits per heavy atom. The fourth-order valence-corrected chi connectivity index (χ4v) is 3.51. The number of hydrogen-bond donors (Lipinski definition) is 0. The second kappa shape index (κ2) is 3.66. The van der Waals surface area contributed by atoms with E-state index in [2.05, 4.69) is 25.1 Å². The maximum atomic E-state index is 2.40. The van der Waals surface area contributed by atoms with Crippen LogP contribution in [0.1, 0.15) is 55.2 Å². The molecule has 0 aromatic heterocycles. The molecule has 80 valence electrons. The molecule has 2 aliphatic rings. The average Bonchev–Trinajstić information content (AvgIpc) is 2.82. The normalized spacial score (nSPS) is 25.8. The summed E-state index contributed by atoms with van der Waals surface area (Å²) in [6.07, 6.45) is 8.42. The minimum absolute atomic E-state index is 0.877. The summed E-state index contributed by atoms with van der Waals surface area (Å²) in [7, 11) is 0. The zero-order chi connectivity index (χ0) is 10.3. The van der Waals surface area contributed by atoms with Gasteiger partial charge in [0, 0.05) is 0 Å². The lowest BCUT2D eigenvalue weighted by Gasteiger charge is -2.14. The maximum absolute atomic E-state index is 2.40. The zero-order valence-corrected chi connectivity index (χ0v) is 9.63. The molecule has 0 N–H and O–H groups in total. The minimum Gasteiger partial charge on any atom is -0.0619 e. The molecule has 0 nitrogen and oxygen atoms in total. The van der Waals surface area contributed by atoms with Gasteiger partial charge in [0.25, 0.3) is 0 Å². The molecule has 1 saturated carbocycles. The predicted molar refractivity (Wildman–Crippen MR) is 64.2 cm³/mol. The predicted octanol–water partition coefficient (Wildman–Crippen LogP) is 4.08. The van der Waals surface area contributed by atoms with E-state index >= 15 is 0 Å². The summed E-state index contributed by atoms with van der Waals surface area (Å²) in [6.45, 7) is 2.39. The van der Waals surface area contributed by atoms with Gasteiger partial charge < -0.3 is 0 Å². The molecule has 0 saturated heterocycles. The van der Waals surface area contributed by atoms with E-state index in [0.717, 1.165) is 11.8 Å². The molecule has 1 unspecified atom stereocenters. The molecule has 0 bridgehead atoms. The van der Waals surface area contributed by atoms with Gasteiger partial charge in [-0.15, -0.1) is 0 Å². The van der Waals surface area contributed by atoms with Crippen molar-refractivity contribution >= 4 is 0 Å². The summed E-state index contributed by atoms with van der Waals surface area (Å²) in [5.74, 6) is 1.77. The van der Waals surface area contributed by atoms with Crippen LogP contribution in [0.15, 0.2) is 18.2 Å². The summed E-state index contributed by atoms with van der Waals surface area (Å²) >= 11 is 0. The second-order valence-corrected chi connectivity index (χ2v) is 5.48. The van der Waals surface area contributed by atoms with Gasteiger partial charge in [-0.2, -0.15) is 0 Å². The summed E-state index contributed by atoms with van der Waals surface area (Å²) in [5.41, 5.74) is 5.07. The van der Waals surface area contributed by atoms with Crippen LogP contribution in [0.2, 0.25) is 0 Å². The van der Waals surface area contributed by atoms with Crippen molar-refractivity contribution in [1.29, 1.82) is 0 Å². The number of rotatable bonds is 1. The van der Waals surface area contributed by atoms with Crippen LogP contribution in [0, 0.1) is 5.92 Å². The maximum Gasteiger partial charge on any atom is -0.0159 e. The fourth-order valence-electron chi connectivity index (χ4n) is 3.51. The van der Waals surface area contributed by atoms with Crippen LogP contribution in [0.25, 0.3) is 0 Å². The summed E-state index contributed by atoms with van der Waals surface area (Å²) in [6, 6.07) is 7.02. The van der Waals surface area contributed by atoms with E-state index in [-0.39, 0.29) is 0 Å². The van der Waals surface area contributed by atoms with Gasteiger partial charge in [0.1, 0.15) is 0 Å². The third-order valence-corrected chi connectivity index (χ3v) is 4.23. The van der Waals surface area contributed by atoms with Crippen LogP contribution < -0.4 is 0 Å². The van der Waals surface area contributed by atoms with Crippen LogP contribution in [0.3, 0.4) is 0 Å². The summed E-state index contributed by atoms with van der Waals surface area (Å²) in [4.78, 5) is 0. The topological polar surface area (TPSA) is 0 Å². The van der Waals surface area contributed by atoms with E-state index in [1.807, 2.05) is 0 Å². The first-order valence-electron chi connectivity index (χ1n) is 6.45. The molecule has 0 heteroatoms. The van der Waals surface area contributed by atoms with Crippen molar-refractivity contribution in [3.8, 4) is 0 Å². The molecule has 1 fully saturated rings. The van der Waals surface area contributed by atoms with Crippen LogP contribution in [-0.4, -0.2) is 0 Å². The Bertz CT molecular complexity index is 358. The Hall–Kier alpha value is -0.780. The van der Waals surface area contributed by atoms with Crippen molar-refractivity contribution in [2.45, 2.75) is 51.4 Å². The molecule has 0 aliphatic heterocycles. The Morgan fingerprint density at radius 2 is 1.87 bits per heavy atom. The first kappa shape index (κ1) is 9.45. The molecule has 0 spiro atoms. The molecule has 1 aromatic rings. The van der Waals surface area contributed by atoms with Crippen molar-refractivity contribution < 1.29 is 0 Å². The SMILES string of the molecule is CC1Cc2cccc(C3CCCC3)c2C1. The average molecular weight is 200 g/mol. The quantitative estimate of drug-likeness (QED) is 0.641. The van der Waals surface area contributed by atoms with E-state index in [9.17, 15) is 0 Å². The fraction of sp³-hybridized carbons (Fsp3) is 0.600. The lowest BCUT2D eigenvalue weighted by Crippen LogP contribution is -1.99. The second-order valence-electron chi connectivity index (χ2n) is 5.48. The van der Waals surface area contributed by atoms with Crippen molar-refractivity contribution in [3.63, 3.8) is 0 Å². The molecule has 1 atom stereocenters. The molecule has 0 heterocycles. The highest BCUT2D eigenvalue weighted by atomic mass is 14.3. The number of hydrogen-bond acceptors (Lipinski definition) is 0. The Morgan fingerprint density at radius 3 is 2.67 bits per heavy atom. The van der Waals surface area contributed by atoms with E-state index in [1.54, 1.807) is 16.7 Å². The first-order chi connectivity index (χ1) is 7.34. The van der Waals surface area contributed by atoms with Crippen LogP contribution in [0.5, 0.6) is 0 Å². The van der Waals surface area contributed by atoms with Crippen molar-refractivity contribution in [2.75, 3.05) is 0 Å². The van der Waals surface area contributed by atoms with E-state index < -0.39 is 0 Å². The molecule has 0 amide bonds. The lowest BCUT2D eigenvalue weighted by molar-refractivity contribution is 0.621. The highest BCUT2D eigenvalue weighted by Crippen LogP contribution is 2.39. The van der Waals surface area contributed by atoms with Crippen molar-refractivity contribution in [1.82, 2.24) is 0 Å². The van der Waals surface area contributed by atoms with Gasteiger partial charge in [0.15, 0.2) is 0 Å². The Labute approximate surface area is 92.7 Å². The third-order valence-electron chi connectivity index (χ3n) is 4.23. The van der Waals surface area contributed by atoms with Gasteiger partial charge in [-0.3, -0.25) is 0 Å². The van der Waals surface area contributed by atoms with E-state index in [1.165, 1.54) is 38.5 Å². The van der Waals surface area contributed by atoms with E-state index in [4.69, 9.17) is 0 Å².